The van der Waals surface area contributed by atoms with Crippen molar-refractivity contribution in [2.75, 3.05) is 0 Å². The van der Waals surface area contributed by atoms with E-state index in [2.05, 4.69) is 67.8 Å². The van der Waals surface area contributed by atoms with E-state index in [9.17, 15) is 9.90 Å². The third-order valence-corrected chi connectivity index (χ3v) is 8.97. The first-order chi connectivity index (χ1) is 20.0. The van der Waals surface area contributed by atoms with Crippen molar-refractivity contribution in [1.29, 1.82) is 0 Å². The molecule has 0 saturated heterocycles. The largest absolute Gasteiger partial charge is 1.00 e. The Bertz CT molecular complexity index is 1660. The number of allylic oxidation sites excluding steroid dienone is 4. The number of pyridine rings is 1. The molecule has 0 spiro atoms. The van der Waals surface area contributed by atoms with Gasteiger partial charge < -0.3 is 19.2 Å². The van der Waals surface area contributed by atoms with E-state index in [1.807, 2.05) is 30.3 Å². The molecule has 2 aromatic carbocycles. The van der Waals surface area contributed by atoms with E-state index in [0.717, 1.165) is 76.1 Å². The maximum absolute atomic E-state index is 12.2. The fraction of sp³-hybridized carbons (Fsp3) is 0.389. The van der Waals surface area contributed by atoms with Crippen molar-refractivity contribution in [3.05, 3.63) is 89.8 Å². The molecule has 0 fully saturated rings. The predicted octanol–water partition coefficient (Wildman–Crippen LogP) is 5.04. The molecule has 1 aliphatic rings. The molecule has 0 aliphatic heterocycles. The first-order valence-corrected chi connectivity index (χ1v) is 15.7. The summed E-state index contributed by atoms with van der Waals surface area (Å²) in [6, 6.07) is 18.4. The molecule has 0 bridgehead atoms. The number of benzene rings is 2. The van der Waals surface area contributed by atoms with Crippen LogP contribution in [0.3, 0.4) is 0 Å². The number of thioether (sulfide) groups is 1. The summed E-state index contributed by atoms with van der Waals surface area (Å²) in [5.74, 6) is -0.262. The quantitative estimate of drug-likeness (QED) is 0.188. The number of carbonyl (C=O) groups is 1. The van der Waals surface area contributed by atoms with Gasteiger partial charge in [0.25, 0.3) is 0 Å². The second-order valence-electron chi connectivity index (χ2n) is 12.8. The van der Waals surface area contributed by atoms with Gasteiger partial charge in [-0.2, -0.15) is 0 Å². The number of aliphatic carboxylic acids is 1. The van der Waals surface area contributed by atoms with Crippen LogP contribution in [0, 0.1) is 5.41 Å². The molecule has 5 nitrogen and oxygen atoms in total. The van der Waals surface area contributed by atoms with E-state index in [-0.39, 0.29) is 34.3 Å². The fourth-order valence-electron chi connectivity index (χ4n) is 5.43. The predicted molar refractivity (Wildman–Crippen MR) is 172 cm³/mol. The average molecular weight is 605 g/mol. The number of carboxylic acid groups (broad SMARTS) is 1. The van der Waals surface area contributed by atoms with E-state index in [1.165, 1.54) is 5.57 Å². The Kier molecular flexibility index (Phi) is 10.9. The summed E-state index contributed by atoms with van der Waals surface area (Å²) in [4.78, 5) is 18.1. The molecule has 2 aromatic heterocycles. The Labute approximate surface area is 282 Å². The van der Waals surface area contributed by atoms with Crippen LogP contribution in [0.25, 0.3) is 21.8 Å². The Hall–Kier alpha value is -2.51. The minimum atomic E-state index is -1.03. The Morgan fingerprint density at radius 3 is 2.63 bits per heavy atom. The van der Waals surface area contributed by atoms with Crippen molar-refractivity contribution in [2.45, 2.75) is 89.5 Å². The molecule has 220 valence electrons. The van der Waals surface area contributed by atoms with E-state index in [0.29, 0.717) is 13.0 Å². The molecule has 1 aliphatic carbocycles. The van der Waals surface area contributed by atoms with Crippen LogP contribution in [0.2, 0.25) is 0 Å². The summed E-state index contributed by atoms with van der Waals surface area (Å²) in [5, 5.41) is 14.4. The van der Waals surface area contributed by atoms with Gasteiger partial charge >= 0.3 is 29.6 Å². The molecule has 0 amide bonds. The zero-order valence-electron chi connectivity index (χ0n) is 26.4. The number of carbonyl (C=O) groups excluding carboxylic acids is 1. The molecular formula is C36H41N2NaO3S. The standard InChI is InChI=1S/C36H42N2O3S.Na/c1-35(2,3)42-33-29-22-28(41-24-27-17-16-26-14-10-11-15-30(26)37-27)18-19-31(29)38(32(33)23-36(4,5)34(39)40)21-20-25-12-8-6-7-9-13-25;/h6,8,10-12,14-19,22H,7,9,13,20-21,23-24H2,1-5H3,(H,39,40);/q;+1/p-1. The van der Waals surface area contributed by atoms with Crippen molar-refractivity contribution in [2.24, 2.45) is 5.41 Å². The Morgan fingerprint density at radius 2 is 1.86 bits per heavy atom. The molecule has 0 N–H and O–H groups in total. The Balaban J connectivity index is 0.00000423. The van der Waals surface area contributed by atoms with Crippen LogP contribution in [0.4, 0.5) is 0 Å². The van der Waals surface area contributed by atoms with Gasteiger partial charge in [-0.3, -0.25) is 0 Å². The maximum Gasteiger partial charge on any atom is 1.00 e. The normalized spacial score (nSPS) is 13.9. The van der Waals surface area contributed by atoms with Crippen LogP contribution in [-0.4, -0.2) is 20.3 Å². The third-order valence-electron chi connectivity index (χ3n) is 7.70. The van der Waals surface area contributed by atoms with Crippen LogP contribution in [0.1, 0.15) is 71.7 Å². The van der Waals surface area contributed by atoms with Gasteiger partial charge in [0.15, 0.2) is 0 Å². The number of rotatable bonds is 10. The summed E-state index contributed by atoms with van der Waals surface area (Å²) < 4.78 is 8.57. The van der Waals surface area contributed by atoms with Crippen molar-refractivity contribution in [3.63, 3.8) is 0 Å². The van der Waals surface area contributed by atoms with Gasteiger partial charge in [-0.25, -0.2) is 4.98 Å². The first-order valence-electron chi connectivity index (χ1n) is 14.9. The zero-order chi connectivity index (χ0) is 29.9. The van der Waals surface area contributed by atoms with Crippen LogP contribution in [0.5, 0.6) is 5.75 Å². The van der Waals surface area contributed by atoms with Crippen LogP contribution in [0.15, 0.2) is 83.3 Å². The second-order valence-corrected chi connectivity index (χ2v) is 14.7. The summed E-state index contributed by atoms with van der Waals surface area (Å²) in [6.45, 7) is 11.3. The zero-order valence-corrected chi connectivity index (χ0v) is 29.2. The number of aromatic nitrogens is 2. The number of fused-ring (bicyclic) bond motifs is 2. The van der Waals surface area contributed by atoms with Gasteiger partial charge in [-0.1, -0.05) is 82.7 Å². The first kappa shape index (κ1) is 33.4. The summed E-state index contributed by atoms with van der Waals surface area (Å²) in [7, 11) is 0. The van der Waals surface area contributed by atoms with Crippen molar-refractivity contribution in [3.8, 4) is 5.75 Å². The average Bonchev–Trinajstić information content (AvgIpc) is 3.09. The van der Waals surface area contributed by atoms with Crippen molar-refractivity contribution >= 4 is 39.5 Å². The third kappa shape index (κ3) is 8.36. The fourth-order valence-corrected chi connectivity index (χ4v) is 6.61. The van der Waals surface area contributed by atoms with Crippen LogP contribution >= 0.6 is 11.8 Å². The summed E-state index contributed by atoms with van der Waals surface area (Å²) >= 11 is 1.79. The van der Waals surface area contributed by atoms with Gasteiger partial charge in [-0.05, 0) is 62.4 Å². The van der Waals surface area contributed by atoms with Crippen molar-refractivity contribution in [1.82, 2.24) is 9.55 Å². The summed E-state index contributed by atoms with van der Waals surface area (Å²) in [5.41, 5.74) is 4.41. The molecule has 0 atom stereocenters. The molecule has 5 rings (SSSR count). The van der Waals surface area contributed by atoms with Gasteiger partial charge in [0, 0.05) is 49.6 Å². The van der Waals surface area contributed by atoms with Crippen molar-refractivity contribution < 1.29 is 44.2 Å². The molecule has 0 radical (unpaired) electrons. The van der Waals surface area contributed by atoms with Gasteiger partial charge in [-0.15, -0.1) is 11.8 Å². The summed E-state index contributed by atoms with van der Waals surface area (Å²) in [6.07, 6.45) is 11.3. The molecule has 0 unspecified atom stereocenters. The maximum atomic E-state index is 12.2. The monoisotopic (exact) mass is 604 g/mol. The smallest absolute Gasteiger partial charge is 0.550 e. The number of ether oxygens (including phenoxy) is 1. The van der Waals surface area contributed by atoms with E-state index < -0.39 is 11.4 Å². The number of aryl methyl sites for hydroxylation is 1. The second kappa shape index (κ2) is 14.1. The van der Waals surface area contributed by atoms with Gasteiger partial charge in [0.1, 0.15) is 12.4 Å². The molecule has 2 heterocycles. The molecule has 43 heavy (non-hydrogen) atoms. The minimum absolute atomic E-state index is 0. The topological polar surface area (TPSA) is 67.2 Å². The van der Waals surface area contributed by atoms with E-state index in [1.54, 1.807) is 25.6 Å². The van der Waals surface area contributed by atoms with Gasteiger partial charge in [0.2, 0.25) is 0 Å². The van der Waals surface area contributed by atoms with Crippen LogP contribution in [-0.2, 0) is 24.4 Å². The molecule has 0 saturated carbocycles. The number of nitrogens with zero attached hydrogens (tertiary/aromatic N) is 2. The number of hydrogen-bond acceptors (Lipinski definition) is 5. The molecule has 4 aromatic rings. The van der Waals surface area contributed by atoms with E-state index in [4.69, 9.17) is 9.72 Å². The SMILES string of the molecule is CC(C)(C)Sc1c(CC(C)(C)C(=O)[O-])n(CCC2=CC=CCCC2)c2ccc(OCc3ccc4ccccc4n3)cc12.[Na+]. The number of hydrogen-bond donors (Lipinski definition) is 0. The van der Waals surface area contributed by atoms with Crippen LogP contribution < -0.4 is 39.4 Å². The van der Waals surface area contributed by atoms with E-state index >= 15 is 0 Å². The Morgan fingerprint density at radius 1 is 1.07 bits per heavy atom. The van der Waals surface area contributed by atoms with Gasteiger partial charge in [0.05, 0.1) is 11.2 Å². The molecular weight excluding hydrogens is 563 g/mol. The number of carboxylic acids is 1. The number of para-hydroxylation sites is 1. The molecule has 7 heteroatoms. The minimum Gasteiger partial charge on any atom is -0.550 e.